The summed E-state index contributed by atoms with van der Waals surface area (Å²) in [5, 5.41) is 0. The lowest BCUT2D eigenvalue weighted by molar-refractivity contribution is -0.124. The van der Waals surface area contributed by atoms with Gasteiger partial charge < -0.3 is 9.64 Å². The molecule has 1 atom stereocenters. The van der Waals surface area contributed by atoms with Crippen LogP contribution in [0.3, 0.4) is 0 Å². The van der Waals surface area contributed by atoms with E-state index in [1.807, 2.05) is 0 Å². The highest BCUT2D eigenvalue weighted by Crippen LogP contribution is 2.20. The number of piperidine rings is 2. The molecule has 0 amide bonds. The number of benzene rings is 1. The van der Waals surface area contributed by atoms with Crippen LogP contribution < -0.4 is 4.74 Å². The molecule has 2 heterocycles. The molecule has 2 fully saturated rings. The molecule has 26 heavy (non-hydrogen) atoms. The Kier molecular flexibility index (Phi) is 7.51. The van der Waals surface area contributed by atoms with Crippen LogP contribution in [0.4, 0.5) is 0 Å². The number of carbonyl (C=O) groups is 1. The summed E-state index contributed by atoms with van der Waals surface area (Å²) in [5.74, 6) is 1.86. The molecule has 144 valence electrons. The van der Waals surface area contributed by atoms with Gasteiger partial charge in [0.2, 0.25) is 0 Å². The molecule has 0 spiro atoms. The number of hydrogen-bond acceptors (Lipinski definition) is 4. The molecule has 0 aromatic heterocycles. The Morgan fingerprint density at radius 1 is 1.08 bits per heavy atom. The van der Waals surface area contributed by atoms with Crippen molar-refractivity contribution in [2.75, 3.05) is 39.3 Å². The fraction of sp³-hybridized carbons (Fsp3) is 0.682. The van der Waals surface area contributed by atoms with Crippen molar-refractivity contribution in [1.29, 1.82) is 0 Å². The molecular weight excluding hydrogens is 324 g/mol. The van der Waals surface area contributed by atoms with Gasteiger partial charge in [0.1, 0.15) is 11.5 Å². The molecule has 0 radical (unpaired) electrons. The number of likely N-dealkylation sites (tertiary alicyclic amines) is 2. The molecule has 0 saturated carbocycles. The van der Waals surface area contributed by atoms with Crippen LogP contribution in [0.25, 0.3) is 0 Å². The third-order valence-electron chi connectivity index (χ3n) is 5.68. The number of ketones is 1. The quantitative estimate of drug-likeness (QED) is 0.663. The number of ether oxygens (including phenoxy) is 1. The first-order valence-corrected chi connectivity index (χ1v) is 10.4. The topological polar surface area (TPSA) is 32.8 Å². The van der Waals surface area contributed by atoms with Crippen molar-refractivity contribution in [3.63, 3.8) is 0 Å². The molecular formula is C22H34N2O2. The largest absolute Gasteiger partial charge is 0.494 e. The van der Waals surface area contributed by atoms with Gasteiger partial charge in [0.25, 0.3) is 0 Å². The monoisotopic (exact) mass is 358 g/mol. The molecule has 2 saturated heterocycles. The number of rotatable bonds is 8. The van der Waals surface area contributed by atoms with E-state index >= 15 is 0 Å². The molecule has 3 rings (SSSR count). The van der Waals surface area contributed by atoms with Gasteiger partial charge in [-0.3, -0.25) is 9.69 Å². The first kappa shape index (κ1) is 19.4. The van der Waals surface area contributed by atoms with E-state index in [0.29, 0.717) is 18.2 Å². The minimum Gasteiger partial charge on any atom is -0.494 e. The molecule has 1 unspecified atom stereocenters. The van der Waals surface area contributed by atoms with E-state index in [1.54, 1.807) is 0 Å². The highest BCUT2D eigenvalue weighted by atomic mass is 16.5. The fourth-order valence-electron chi connectivity index (χ4n) is 4.13. The van der Waals surface area contributed by atoms with E-state index in [0.717, 1.165) is 51.3 Å². The van der Waals surface area contributed by atoms with Crippen LogP contribution in [0, 0.1) is 5.92 Å². The number of nitrogens with zero attached hydrogens (tertiary/aromatic N) is 2. The van der Waals surface area contributed by atoms with Crippen molar-refractivity contribution in [2.24, 2.45) is 5.92 Å². The standard InChI is InChI=1S/C22H34N2O2/c1-2-19-15-21(25)18-24(16-19)17-20-7-9-22(10-8-20)26-14-6-13-23-11-4-3-5-12-23/h7-10,19H,2-6,11-18H2,1H3. The number of Topliss-reactive ketones (excluding diaryl/α,β-unsaturated/α-hetero) is 1. The summed E-state index contributed by atoms with van der Waals surface area (Å²) in [7, 11) is 0. The average Bonchev–Trinajstić information content (AvgIpc) is 2.67. The van der Waals surface area contributed by atoms with Gasteiger partial charge in [0, 0.05) is 26.1 Å². The van der Waals surface area contributed by atoms with Gasteiger partial charge in [0.15, 0.2) is 0 Å². The predicted octanol–water partition coefficient (Wildman–Crippen LogP) is 3.74. The molecule has 0 bridgehead atoms. The van der Waals surface area contributed by atoms with Crippen molar-refractivity contribution in [3.05, 3.63) is 29.8 Å². The molecule has 4 nitrogen and oxygen atoms in total. The van der Waals surface area contributed by atoms with Crippen LogP contribution in [0.15, 0.2) is 24.3 Å². The van der Waals surface area contributed by atoms with E-state index in [1.165, 1.54) is 37.9 Å². The second-order valence-corrected chi connectivity index (χ2v) is 7.93. The predicted molar refractivity (Wildman–Crippen MR) is 106 cm³/mol. The zero-order valence-corrected chi connectivity index (χ0v) is 16.3. The maximum Gasteiger partial charge on any atom is 0.147 e. The van der Waals surface area contributed by atoms with Gasteiger partial charge in [-0.15, -0.1) is 0 Å². The highest BCUT2D eigenvalue weighted by molar-refractivity contribution is 5.81. The second kappa shape index (κ2) is 10.1. The first-order valence-electron chi connectivity index (χ1n) is 10.4. The number of carbonyl (C=O) groups excluding carboxylic acids is 1. The third kappa shape index (κ3) is 6.10. The molecule has 0 N–H and O–H groups in total. The SMILES string of the molecule is CCC1CC(=O)CN(Cc2ccc(OCCCN3CCCCC3)cc2)C1. The van der Waals surface area contributed by atoms with Crippen LogP contribution in [-0.2, 0) is 11.3 Å². The minimum atomic E-state index is 0.386. The van der Waals surface area contributed by atoms with Gasteiger partial charge in [-0.25, -0.2) is 0 Å². The molecule has 1 aromatic rings. The van der Waals surface area contributed by atoms with E-state index in [4.69, 9.17) is 4.74 Å². The van der Waals surface area contributed by atoms with Crippen LogP contribution >= 0.6 is 0 Å². The van der Waals surface area contributed by atoms with Crippen LogP contribution in [-0.4, -0.2) is 54.9 Å². The van der Waals surface area contributed by atoms with E-state index < -0.39 is 0 Å². The normalized spacial score (nSPS) is 22.5. The van der Waals surface area contributed by atoms with Gasteiger partial charge in [-0.2, -0.15) is 0 Å². The first-order chi connectivity index (χ1) is 12.7. The van der Waals surface area contributed by atoms with E-state index in [9.17, 15) is 4.79 Å². The molecule has 2 aliphatic heterocycles. The van der Waals surface area contributed by atoms with E-state index in [-0.39, 0.29) is 0 Å². The van der Waals surface area contributed by atoms with Crippen LogP contribution in [0.1, 0.15) is 51.0 Å². The Labute approximate surface area is 158 Å². The maximum absolute atomic E-state index is 11.9. The lowest BCUT2D eigenvalue weighted by Gasteiger charge is -2.31. The lowest BCUT2D eigenvalue weighted by Crippen LogP contribution is -2.40. The Balaban J connectivity index is 1.38. The highest BCUT2D eigenvalue weighted by Gasteiger charge is 2.24. The van der Waals surface area contributed by atoms with Crippen molar-refractivity contribution in [1.82, 2.24) is 9.80 Å². The summed E-state index contributed by atoms with van der Waals surface area (Å²) < 4.78 is 5.90. The minimum absolute atomic E-state index is 0.386. The Bertz CT molecular complexity index is 552. The van der Waals surface area contributed by atoms with Crippen molar-refractivity contribution in [2.45, 2.75) is 52.0 Å². The third-order valence-corrected chi connectivity index (χ3v) is 5.68. The summed E-state index contributed by atoms with van der Waals surface area (Å²) in [5.41, 5.74) is 1.26. The van der Waals surface area contributed by atoms with Gasteiger partial charge >= 0.3 is 0 Å². The molecule has 0 aliphatic carbocycles. The lowest BCUT2D eigenvalue weighted by atomic mass is 9.94. The van der Waals surface area contributed by atoms with Crippen molar-refractivity contribution < 1.29 is 9.53 Å². The van der Waals surface area contributed by atoms with Gasteiger partial charge in [0.05, 0.1) is 13.2 Å². The molecule has 1 aromatic carbocycles. The van der Waals surface area contributed by atoms with Gasteiger partial charge in [-0.05, 0) is 56.0 Å². The summed E-state index contributed by atoms with van der Waals surface area (Å²) >= 11 is 0. The van der Waals surface area contributed by atoms with Crippen LogP contribution in [0.2, 0.25) is 0 Å². The average molecular weight is 359 g/mol. The Morgan fingerprint density at radius 3 is 2.58 bits per heavy atom. The second-order valence-electron chi connectivity index (χ2n) is 7.93. The Hall–Kier alpha value is -1.39. The fourth-order valence-corrected chi connectivity index (χ4v) is 4.13. The zero-order valence-electron chi connectivity index (χ0n) is 16.3. The van der Waals surface area contributed by atoms with Crippen molar-refractivity contribution >= 4 is 5.78 Å². The summed E-state index contributed by atoms with van der Waals surface area (Å²) in [4.78, 5) is 16.7. The summed E-state index contributed by atoms with van der Waals surface area (Å²) in [6, 6.07) is 8.42. The van der Waals surface area contributed by atoms with Crippen molar-refractivity contribution in [3.8, 4) is 5.75 Å². The maximum atomic E-state index is 11.9. The van der Waals surface area contributed by atoms with Crippen LogP contribution in [0.5, 0.6) is 5.75 Å². The zero-order chi connectivity index (χ0) is 18.2. The summed E-state index contributed by atoms with van der Waals surface area (Å²) in [6.07, 6.45) is 7.04. The molecule has 2 aliphatic rings. The number of hydrogen-bond donors (Lipinski definition) is 0. The Morgan fingerprint density at radius 2 is 1.85 bits per heavy atom. The smallest absolute Gasteiger partial charge is 0.147 e. The molecule has 4 heteroatoms. The van der Waals surface area contributed by atoms with Gasteiger partial charge in [-0.1, -0.05) is 31.9 Å². The summed E-state index contributed by atoms with van der Waals surface area (Å²) in [6.45, 7) is 9.13. The van der Waals surface area contributed by atoms with E-state index in [2.05, 4.69) is 41.0 Å².